The Hall–Kier alpha value is -1.27. The van der Waals surface area contributed by atoms with Gasteiger partial charge in [-0.3, -0.25) is 9.80 Å². The summed E-state index contributed by atoms with van der Waals surface area (Å²) in [7, 11) is 0. The van der Waals surface area contributed by atoms with Crippen LogP contribution in [0.15, 0.2) is 36.9 Å². The molecule has 1 heterocycles. The highest BCUT2D eigenvalue weighted by atomic mass is 19.1. The van der Waals surface area contributed by atoms with Crippen molar-refractivity contribution in [3.8, 4) is 0 Å². The fourth-order valence-electron chi connectivity index (χ4n) is 2.69. The molecule has 1 unspecified atom stereocenters. The third-order valence-corrected chi connectivity index (χ3v) is 3.78. The van der Waals surface area contributed by atoms with E-state index < -0.39 is 6.10 Å². The molecule has 1 aromatic carbocycles. The van der Waals surface area contributed by atoms with Crippen LogP contribution in [0, 0.1) is 5.82 Å². The van der Waals surface area contributed by atoms with Gasteiger partial charge in [0.1, 0.15) is 5.82 Å². The third kappa shape index (κ3) is 5.50. The molecule has 0 saturated carbocycles. The summed E-state index contributed by atoms with van der Waals surface area (Å²) in [6, 6.07) is 6.75. The molecule has 0 bridgehead atoms. The highest BCUT2D eigenvalue weighted by Gasteiger charge is 2.18. The molecule has 0 spiro atoms. The van der Waals surface area contributed by atoms with Gasteiger partial charge in [0, 0.05) is 44.8 Å². The minimum atomic E-state index is -0.468. The first-order valence-corrected chi connectivity index (χ1v) is 7.74. The van der Waals surface area contributed by atoms with Crippen LogP contribution >= 0.6 is 0 Å². The number of hydrogen-bond donors (Lipinski definition) is 1. The lowest BCUT2D eigenvalue weighted by Gasteiger charge is -2.31. The number of morpholine rings is 1. The molecule has 1 aliphatic heterocycles. The Balaban J connectivity index is 1.87. The van der Waals surface area contributed by atoms with Gasteiger partial charge in [0.15, 0.2) is 0 Å². The highest BCUT2D eigenvalue weighted by molar-refractivity contribution is 5.17. The average molecular weight is 308 g/mol. The number of ether oxygens (including phenoxy) is 1. The summed E-state index contributed by atoms with van der Waals surface area (Å²) in [6.45, 7) is 9.10. The van der Waals surface area contributed by atoms with Gasteiger partial charge in [-0.2, -0.15) is 0 Å². The van der Waals surface area contributed by atoms with Crippen LogP contribution in [0.2, 0.25) is 0 Å². The molecule has 0 radical (unpaired) electrons. The van der Waals surface area contributed by atoms with E-state index in [2.05, 4.69) is 11.5 Å². The van der Waals surface area contributed by atoms with Crippen LogP contribution in [0.1, 0.15) is 5.56 Å². The van der Waals surface area contributed by atoms with Crippen LogP contribution in [0.3, 0.4) is 0 Å². The maximum atomic E-state index is 13.8. The predicted molar refractivity (Wildman–Crippen MR) is 85.1 cm³/mol. The van der Waals surface area contributed by atoms with Crippen LogP contribution in [0.25, 0.3) is 0 Å². The van der Waals surface area contributed by atoms with Crippen molar-refractivity contribution in [1.82, 2.24) is 9.80 Å². The Morgan fingerprint density at radius 1 is 1.36 bits per heavy atom. The summed E-state index contributed by atoms with van der Waals surface area (Å²) in [4.78, 5) is 4.21. The number of aliphatic hydroxyl groups is 1. The van der Waals surface area contributed by atoms with Crippen LogP contribution < -0.4 is 0 Å². The van der Waals surface area contributed by atoms with E-state index in [1.165, 1.54) is 6.07 Å². The summed E-state index contributed by atoms with van der Waals surface area (Å²) in [5.74, 6) is -0.209. The lowest BCUT2D eigenvalue weighted by atomic mass is 10.2. The smallest absolute Gasteiger partial charge is 0.127 e. The monoisotopic (exact) mass is 308 g/mol. The largest absolute Gasteiger partial charge is 0.390 e. The van der Waals surface area contributed by atoms with Gasteiger partial charge in [-0.25, -0.2) is 4.39 Å². The summed E-state index contributed by atoms with van der Waals surface area (Å²) in [5, 5.41) is 10.3. The molecule has 0 aromatic heterocycles. The number of aliphatic hydroxyl groups excluding tert-OH is 1. The van der Waals surface area contributed by atoms with E-state index in [0.717, 1.165) is 26.3 Å². The van der Waals surface area contributed by atoms with Gasteiger partial charge in [0.25, 0.3) is 0 Å². The number of rotatable bonds is 8. The molecule has 122 valence electrons. The molecule has 22 heavy (non-hydrogen) atoms. The summed E-state index contributed by atoms with van der Waals surface area (Å²) in [6.07, 6.45) is 1.31. The number of hydrogen-bond acceptors (Lipinski definition) is 4. The van der Waals surface area contributed by atoms with Gasteiger partial charge in [0.05, 0.1) is 19.3 Å². The van der Waals surface area contributed by atoms with Crippen molar-refractivity contribution in [2.45, 2.75) is 12.6 Å². The molecule has 0 aliphatic carbocycles. The van der Waals surface area contributed by atoms with E-state index in [-0.39, 0.29) is 5.82 Å². The minimum Gasteiger partial charge on any atom is -0.390 e. The molecule has 2 rings (SSSR count). The molecular weight excluding hydrogens is 283 g/mol. The number of halogens is 1. The fourth-order valence-corrected chi connectivity index (χ4v) is 2.69. The Morgan fingerprint density at radius 2 is 2.09 bits per heavy atom. The zero-order valence-electron chi connectivity index (χ0n) is 13.0. The summed E-state index contributed by atoms with van der Waals surface area (Å²) >= 11 is 0. The molecule has 4 nitrogen and oxygen atoms in total. The molecule has 1 fully saturated rings. The van der Waals surface area contributed by atoms with E-state index in [1.54, 1.807) is 18.2 Å². The SMILES string of the molecule is C=CCN(Cc1ccccc1F)CC(O)CN1CCOCC1. The summed E-state index contributed by atoms with van der Waals surface area (Å²) in [5.41, 5.74) is 0.642. The Bertz CT molecular complexity index is 464. The zero-order chi connectivity index (χ0) is 15.8. The first-order valence-electron chi connectivity index (χ1n) is 7.74. The lowest BCUT2D eigenvalue weighted by Crippen LogP contribution is -2.44. The van der Waals surface area contributed by atoms with Crippen molar-refractivity contribution in [1.29, 1.82) is 0 Å². The molecule has 1 aliphatic rings. The van der Waals surface area contributed by atoms with Crippen molar-refractivity contribution < 1.29 is 14.2 Å². The van der Waals surface area contributed by atoms with Crippen molar-refractivity contribution in [2.24, 2.45) is 0 Å². The fraction of sp³-hybridized carbons (Fsp3) is 0.529. The quantitative estimate of drug-likeness (QED) is 0.739. The van der Waals surface area contributed by atoms with Crippen molar-refractivity contribution >= 4 is 0 Å². The van der Waals surface area contributed by atoms with Gasteiger partial charge >= 0.3 is 0 Å². The van der Waals surface area contributed by atoms with E-state index >= 15 is 0 Å². The second-order valence-electron chi connectivity index (χ2n) is 5.64. The molecule has 0 amide bonds. The van der Waals surface area contributed by atoms with E-state index in [1.807, 2.05) is 11.0 Å². The van der Waals surface area contributed by atoms with Gasteiger partial charge < -0.3 is 9.84 Å². The van der Waals surface area contributed by atoms with Gasteiger partial charge in [0.2, 0.25) is 0 Å². The number of β-amino-alcohol motifs (C(OH)–C–C–N with tert-alkyl or cyclic N) is 1. The first-order chi connectivity index (χ1) is 10.7. The third-order valence-electron chi connectivity index (χ3n) is 3.78. The Labute approximate surface area is 131 Å². The molecule has 5 heteroatoms. The predicted octanol–water partition coefficient (Wildman–Crippen LogP) is 1.51. The minimum absolute atomic E-state index is 0.209. The van der Waals surface area contributed by atoms with Gasteiger partial charge in [-0.05, 0) is 6.07 Å². The topological polar surface area (TPSA) is 35.9 Å². The van der Waals surface area contributed by atoms with Gasteiger partial charge in [-0.15, -0.1) is 6.58 Å². The Kier molecular flexibility index (Phi) is 6.99. The second kappa shape index (κ2) is 9.00. The van der Waals surface area contributed by atoms with Crippen molar-refractivity contribution in [3.05, 3.63) is 48.3 Å². The summed E-state index contributed by atoms with van der Waals surface area (Å²) < 4.78 is 19.1. The van der Waals surface area contributed by atoms with Gasteiger partial charge in [-0.1, -0.05) is 24.3 Å². The molecule has 1 N–H and O–H groups in total. The van der Waals surface area contributed by atoms with Crippen LogP contribution in [-0.4, -0.2) is 66.9 Å². The van der Waals surface area contributed by atoms with Crippen LogP contribution in [0.5, 0.6) is 0 Å². The van der Waals surface area contributed by atoms with E-state index in [9.17, 15) is 9.50 Å². The molecular formula is C17H25FN2O2. The lowest BCUT2D eigenvalue weighted by molar-refractivity contribution is 0.00711. The average Bonchev–Trinajstić information content (AvgIpc) is 2.50. The second-order valence-corrected chi connectivity index (χ2v) is 5.64. The van der Waals surface area contributed by atoms with Crippen LogP contribution in [-0.2, 0) is 11.3 Å². The standard InChI is InChI=1S/C17H25FN2O2/c1-2-7-20(12-15-5-3-4-6-17(15)18)14-16(21)13-19-8-10-22-11-9-19/h2-6,16,21H,1,7-14H2. The highest BCUT2D eigenvalue weighted by Crippen LogP contribution is 2.11. The number of benzene rings is 1. The van der Waals surface area contributed by atoms with Crippen molar-refractivity contribution in [3.63, 3.8) is 0 Å². The molecule has 1 aromatic rings. The molecule has 1 atom stereocenters. The van der Waals surface area contributed by atoms with E-state index in [4.69, 9.17) is 4.74 Å². The maximum Gasteiger partial charge on any atom is 0.127 e. The van der Waals surface area contributed by atoms with Crippen molar-refractivity contribution in [2.75, 3.05) is 45.9 Å². The van der Waals surface area contributed by atoms with Crippen LogP contribution in [0.4, 0.5) is 4.39 Å². The zero-order valence-corrected chi connectivity index (χ0v) is 13.0. The van der Waals surface area contributed by atoms with E-state index in [0.29, 0.717) is 31.7 Å². The number of nitrogens with zero attached hydrogens (tertiary/aromatic N) is 2. The maximum absolute atomic E-state index is 13.8. The Morgan fingerprint density at radius 3 is 2.77 bits per heavy atom. The normalized spacial score (nSPS) is 17.6. The molecule has 1 saturated heterocycles. The first kappa shape index (κ1) is 17.1.